The Morgan fingerprint density at radius 3 is 2.71 bits per heavy atom. The van der Waals surface area contributed by atoms with Gasteiger partial charge < -0.3 is 10.1 Å². The summed E-state index contributed by atoms with van der Waals surface area (Å²) >= 11 is 0. The fourth-order valence-corrected chi connectivity index (χ4v) is 5.10. The number of sulfone groups is 1. The third kappa shape index (κ3) is 3.22. The molecule has 144 valence electrons. The lowest BCUT2D eigenvalue weighted by Crippen LogP contribution is -2.12. The van der Waals surface area contributed by atoms with Crippen molar-refractivity contribution in [3.05, 3.63) is 65.4 Å². The molecule has 0 fully saturated rings. The number of anilines is 1. The van der Waals surface area contributed by atoms with E-state index < -0.39 is 15.8 Å². The Hall–Kier alpha value is -2.93. The number of carbonyl (C=O) groups is 1. The van der Waals surface area contributed by atoms with Crippen LogP contribution in [0.5, 0.6) is 0 Å². The smallest absolute Gasteiger partial charge is 0.341 e. The molecule has 1 N–H and O–H groups in total. The third-order valence-corrected chi connectivity index (χ3v) is 6.66. The number of carbonyl (C=O) groups excluding carboxylic acids is 1. The first-order valence-electron chi connectivity index (χ1n) is 9.13. The van der Waals surface area contributed by atoms with Crippen molar-refractivity contribution in [3.8, 4) is 0 Å². The Labute approximate surface area is 163 Å². The number of nitrogens with zero attached hydrogens (tertiary/aromatic N) is 1. The Bertz CT molecular complexity index is 1160. The molecule has 2 heterocycles. The minimum atomic E-state index is -3.30. The van der Waals surface area contributed by atoms with Crippen LogP contribution in [0.2, 0.25) is 0 Å². The van der Waals surface area contributed by atoms with Crippen LogP contribution in [0.25, 0.3) is 10.9 Å². The number of nitrogens with one attached hydrogen (secondary N) is 1. The van der Waals surface area contributed by atoms with Crippen LogP contribution in [0.4, 0.5) is 5.69 Å². The van der Waals surface area contributed by atoms with Gasteiger partial charge in [0, 0.05) is 18.1 Å². The van der Waals surface area contributed by atoms with Gasteiger partial charge in [0.1, 0.15) is 5.56 Å². The molecule has 4 rings (SSSR count). The molecule has 1 aromatic heterocycles. The van der Waals surface area contributed by atoms with Crippen LogP contribution in [-0.4, -0.2) is 31.7 Å². The zero-order valence-electron chi connectivity index (χ0n) is 15.4. The molecule has 7 heteroatoms. The van der Waals surface area contributed by atoms with Gasteiger partial charge in [-0.05, 0) is 36.6 Å². The van der Waals surface area contributed by atoms with Gasteiger partial charge in [0.2, 0.25) is 0 Å². The number of hydrogen-bond donors (Lipinski definition) is 1. The predicted molar refractivity (Wildman–Crippen MR) is 107 cm³/mol. The van der Waals surface area contributed by atoms with E-state index in [9.17, 15) is 13.2 Å². The molecule has 0 atom stereocenters. The third-order valence-electron chi connectivity index (χ3n) is 4.86. The molecule has 0 saturated heterocycles. The largest absolute Gasteiger partial charge is 0.462 e. The van der Waals surface area contributed by atoms with E-state index in [1.165, 1.54) is 6.20 Å². The number of benzene rings is 2. The molecule has 0 aliphatic carbocycles. The lowest BCUT2D eigenvalue weighted by atomic mass is 10.0. The van der Waals surface area contributed by atoms with Gasteiger partial charge in [-0.25, -0.2) is 13.2 Å². The lowest BCUT2D eigenvalue weighted by molar-refractivity contribution is 0.0527. The van der Waals surface area contributed by atoms with Gasteiger partial charge in [0.25, 0.3) is 0 Å². The molecule has 0 radical (unpaired) electrons. The Morgan fingerprint density at radius 2 is 1.96 bits per heavy atom. The molecule has 3 aromatic rings. The normalized spacial score (nSPS) is 14.6. The highest BCUT2D eigenvalue weighted by atomic mass is 32.2. The summed E-state index contributed by atoms with van der Waals surface area (Å²) in [6, 6.07) is 13.1. The second kappa shape index (κ2) is 7.24. The minimum Gasteiger partial charge on any atom is -0.462 e. The summed E-state index contributed by atoms with van der Waals surface area (Å²) < 4.78 is 29.9. The Balaban J connectivity index is 1.90. The summed E-state index contributed by atoms with van der Waals surface area (Å²) in [6.45, 7) is 2.48. The van der Waals surface area contributed by atoms with Crippen molar-refractivity contribution in [1.82, 2.24) is 4.98 Å². The highest BCUT2D eigenvalue weighted by Gasteiger charge is 2.30. The zero-order valence-corrected chi connectivity index (χ0v) is 16.3. The van der Waals surface area contributed by atoms with Crippen LogP contribution >= 0.6 is 0 Å². The van der Waals surface area contributed by atoms with Crippen molar-refractivity contribution >= 4 is 32.4 Å². The molecule has 2 aromatic carbocycles. The van der Waals surface area contributed by atoms with Crippen molar-refractivity contribution in [2.75, 3.05) is 17.7 Å². The van der Waals surface area contributed by atoms with E-state index >= 15 is 0 Å². The van der Waals surface area contributed by atoms with Crippen LogP contribution < -0.4 is 5.32 Å². The zero-order chi connectivity index (χ0) is 19.7. The van der Waals surface area contributed by atoms with Crippen molar-refractivity contribution in [2.45, 2.75) is 24.8 Å². The van der Waals surface area contributed by atoms with E-state index in [4.69, 9.17) is 4.74 Å². The van der Waals surface area contributed by atoms with E-state index in [1.54, 1.807) is 19.1 Å². The predicted octanol–water partition coefficient (Wildman–Crippen LogP) is 3.35. The number of aromatic nitrogens is 1. The summed E-state index contributed by atoms with van der Waals surface area (Å²) in [5.41, 5.74) is 3.29. The maximum absolute atomic E-state index is 12.5. The first-order chi connectivity index (χ1) is 13.5. The van der Waals surface area contributed by atoms with Crippen molar-refractivity contribution < 1.29 is 17.9 Å². The lowest BCUT2D eigenvalue weighted by Gasteiger charge is -2.16. The van der Waals surface area contributed by atoms with E-state index in [1.807, 2.05) is 30.3 Å². The molecule has 0 spiro atoms. The van der Waals surface area contributed by atoms with Crippen LogP contribution in [0.15, 0.2) is 53.6 Å². The molecule has 0 unspecified atom stereocenters. The average molecular weight is 396 g/mol. The number of hydrogen-bond acceptors (Lipinski definition) is 6. The van der Waals surface area contributed by atoms with Gasteiger partial charge in [-0.15, -0.1) is 0 Å². The molecule has 0 bridgehead atoms. The Morgan fingerprint density at radius 1 is 1.18 bits per heavy atom. The maximum atomic E-state index is 12.5. The second-order valence-electron chi connectivity index (χ2n) is 6.61. The maximum Gasteiger partial charge on any atom is 0.341 e. The molecular formula is C21H20N2O4S. The van der Waals surface area contributed by atoms with E-state index in [0.29, 0.717) is 45.6 Å². The first kappa shape index (κ1) is 18.4. The number of rotatable bonds is 5. The standard InChI is InChI=1S/C21H20N2O4S/c1-2-27-21(24)16-13-22-17-8-9-18-15(10-11-28(18,25)26)19(17)20(16)23-12-14-6-4-3-5-7-14/h3-9,13H,2,10-12H2,1H3,(H,22,23). The van der Waals surface area contributed by atoms with Gasteiger partial charge in [-0.1, -0.05) is 30.3 Å². The van der Waals surface area contributed by atoms with Crippen molar-refractivity contribution in [3.63, 3.8) is 0 Å². The second-order valence-corrected chi connectivity index (χ2v) is 8.69. The van der Waals surface area contributed by atoms with E-state index in [0.717, 1.165) is 5.56 Å². The number of esters is 1. The van der Waals surface area contributed by atoms with Gasteiger partial charge in [-0.3, -0.25) is 4.98 Å². The average Bonchev–Trinajstić information content (AvgIpc) is 3.01. The quantitative estimate of drug-likeness (QED) is 0.666. The summed E-state index contributed by atoms with van der Waals surface area (Å²) in [7, 11) is -3.30. The fourth-order valence-electron chi connectivity index (χ4n) is 3.56. The van der Waals surface area contributed by atoms with Crippen LogP contribution in [0, 0.1) is 0 Å². The van der Waals surface area contributed by atoms with Crippen LogP contribution in [0.1, 0.15) is 28.4 Å². The van der Waals surface area contributed by atoms with E-state index in [-0.39, 0.29) is 12.4 Å². The summed E-state index contributed by atoms with van der Waals surface area (Å²) in [6.07, 6.45) is 1.90. The fraction of sp³-hybridized carbons (Fsp3) is 0.238. The first-order valence-corrected chi connectivity index (χ1v) is 10.8. The minimum absolute atomic E-state index is 0.0726. The number of ether oxygens (including phenoxy) is 1. The topological polar surface area (TPSA) is 85.4 Å². The van der Waals surface area contributed by atoms with Crippen molar-refractivity contribution in [1.29, 1.82) is 0 Å². The van der Waals surface area contributed by atoms with Gasteiger partial charge in [0.05, 0.1) is 28.5 Å². The monoisotopic (exact) mass is 396 g/mol. The number of fused-ring (bicyclic) bond motifs is 3. The summed E-state index contributed by atoms with van der Waals surface area (Å²) in [5.74, 6) is -0.408. The number of aryl methyl sites for hydroxylation is 1. The molecule has 6 nitrogen and oxygen atoms in total. The molecule has 1 aliphatic heterocycles. The highest BCUT2D eigenvalue weighted by molar-refractivity contribution is 7.91. The Kier molecular flexibility index (Phi) is 4.77. The molecular weight excluding hydrogens is 376 g/mol. The molecule has 0 amide bonds. The van der Waals surface area contributed by atoms with E-state index in [2.05, 4.69) is 10.3 Å². The van der Waals surface area contributed by atoms with Gasteiger partial charge in [-0.2, -0.15) is 0 Å². The van der Waals surface area contributed by atoms with Crippen molar-refractivity contribution in [2.24, 2.45) is 0 Å². The SMILES string of the molecule is CCOC(=O)c1cnc2ccc3c(c2c1NCc1ccccc1)CCS3(=O)=O. The summed E-state index contributed by atoms with van der Waals surface area (Å²) in [5, 5.41) is 4.01. The molecule has 28 heavy (non-hydrogen) atoms. The van der Waals surface area contributed by atoms with Gasteiger partial charge in [0.15, 0.2) is 9.84 Å². The molecule has 0 saturated carbocycles. The number of pyridine rings is 1. The van der Waals surface area contributed by atoms with Crippen LogP contribution in [-0.2, 0) is 27.5 Å². The van der Waals surface area contributed by atoms with Gasteiger partial charge >= 0.3 is 5.97 Å². The molecule has 1 aliphatic rings. The summed E-state index contributed by atoms with van der Waals surface area (Å²) in [4.78, 5) is 17.2. The van der Waals surface area contributed by atoms with Crippen LogP contribution in [0.3, 0.4) is 0 Å². The highest BCUT2D eigenvalue weighted by Crippen LogP contribution is 2.37.